The zero-order chi connectivity index (χ0) is 19.9. The minimum atomic E-state index is -0.413. The number of anilines is 1. The van der Waals surface area contributed by atoms with Crippen molar-refractivity contribution >= 4 is 17.3 Å². The van der Waals surface area contributed by atoms with Gasteiger partial charge in [-0.15, -0.1) is 0 Å². The van der Waals surface area contributed by atoms with Crippen LogP contribution in [0.15, 0.2) is 24.3 Å². The highest BCUT2D eigenvalue weighted by Gasteiger charge is 2.61. The van der Waals surface area contributed by atoms with Crippen molar-refractivity contribution in [1.82, 2.24) is 4.90 Å². The summed E-state index contributed by atoms with van der Waals surface area (Å²) < 4.78 is 6.28. The van der Waals surface area contributed by atoms with Crippen LogP contribution in [0.3, 0.4) is 0 Å². The molecule has 1 aromatic rings. The lowest BCUT2D eigenvalue weighted by molar-refractivity contribution is -0.0794. The van der Waals surface area contributed by atoms with Crippen LogP contribution in [0.25, 0.3) is 0 Å². The molecule has 4 atom stereocenters. The number of rotatable bonds is 6. The molecule has 1 aromatic carbocycles. The maximum atomic E-state index is 10.6. The average molecular weight is 407 g/mol. The minimum Gasteiger partial charge on any atom is -0.389 e. The van der Waals surface area contributed by atoms with E-state index in [1.807, 2.05) is 18.2 Å². The van der Waals surface area contributed by atoms with Gasteiger partial charge in [0, 0.05) is 43.4 Å². The van der Waals surface area contributed by atoms with Crippen LogP contribution in [0.2, 0.25) is 5.02 Å². The first-order chi connectivity index (χ1) is 13.3. The lowest BCUT2D eigenvalue weighted by atomic mass is 9.70. The van der Waals surface area contributed by atoms with Crippen molar-refractivity contribution < 1.29 is 9.84 Å². The molecule has 4 rings (SSSR count). The Bertz CT molecular complexity index is 689. The second-order valence-corrected chi connectivity index (χ2v) is 10.3. The van der Waals surface area contributed by atoms with Crippen molar-refractivity contribution in [2.24, 2.45) is 16.7 Å². The lowest BCUT2D eigenvalue weighted by Crippen LogP contribution is -2.49. The van der Waals surface area contributed by atoms with Gasteiger partial charge in [0.05, 0.1) is 18.8 Å². The Balaban J connectivity index is 1.22. The normalized spacial score (nSPS) is 33.4. The SMILES string of the molecule is CC1(C)[C@H]2CC[C@@]1(C)[C@H](OC[C@H](O)CN1CCN(c3cccc(Cl)c3)CC1)C2. The van der Waals surface area contributed by atoms with Gasteiger partial charge in [0.1, 0.15) is 0 Å². The number of aliphatic hydroxyl groups excluding tert-OH is 1. The van der Waals surface area contributed by atoms with E-state index in [0.29, 0.717) is 24.7 Å². The summed E-state index contributed by atoms with van der Waals surface area (Å²) >= 11 is 6.12. The third-order valence-electron chi connectivity index (χ3n) is 8.22. The molecule has 2 bridgehead atoms. The van der Waals surface area contributed by atoms with Crippen LogP contribution in [0, 0.1) is 16.7 Å². The van der Waals surface area contributed by atoms with Crippen LogP contribution in [-0.2, 0) is 4.74 Å². The molecule has 4 nitrogen and oxygen atoms in total. The predicted octanol–water partition coefficient (Wildman–Crippen LogP) is 4.05. The summed E-state index contributed by atoms with van der Waals surface area (Å²) in [5.74, 6) is 0.777. The molecule has 2 saturated carbocycles. The summed E-state index contributed by atoms with van der Waals surface area (Å²) in [6, 6.07) is 8.05. The molecule has 0 radical (unpaired) electrons. The van der Waals surface area contributed by atoms with Gasteiger partial charge in [-0.3, -0.25) is 4.90 Å². The van der Waals surface area contributed by atoms with E-state index < -0.39 is 6.10 Å². The number of piperazine rings is 1. The highest BCUT2D eigenvalue weighted by Crippen LogP contribution is 2.66. The van der Waals surface area contributed by atoms with E-state index in [1.165, 1.54) is 18.5 Å². The van der Waals surface area contributed by atoms with Crippen molar-refractivity contribution in [3.63, 3.8) is 0 Å². The molecule has 2 aliphatic carbocycles. The zero-order valence-electron chi connectivity index (χ0n) is 17.5. The van der Waals surface area contributed by atoms with Gasteiger partial charge < -0.3 is 14.7 Å². The van der Waals surface area contributed by atoms with E-state index in [4.69, 9.17) is 16.3 Å². The average Bonchev–Trinajstić information content (AvgIpc) is 3.00. The van der Waals surface area contributed by atoms with Crippen LogP contribution >= 0.6 is 11.6 Å². The maximum absolute atomic E-state index is 10.6. The molecule has 1 aliphatic heterocycles. The van der Waals surface area contributed by atoms with Gasteiger partial charge >= 0.3 is 0 Å². The molecular weight excluding hydrogens is 372 g/mol. The molecule has 0 amide bonds. The molecular formula is C23H35ClN2O2. The van der Waals surface area contributed by atoms with Gasteiger partial charge in [0.2, 0.25) is 0 Å². The van der Waals surface area contributed by atoms with Gasteiger partial charge in [-0.2, -0.15) is 0 Å². The molecule has 1 heterocycles. The number of ether oxygens (including phenoxy) is 1. The van der Waals surface area contributed by atoms with Gasteiger partial charge in [-0.05, 0) is 54.2 Å². The summed E-state index contributed by atoms with van der Waals surface area (Å²) in [5, 5.41) is 11.3. The first kappa shape index (κ1) is 20.5. The topological polar surface area (TPSA) is 35.9 Å². The molecule has 3 aliphatic rings. The number of β-amino-alcohol motifs (C(OH)–C–C–N with tert-alkyl or cyclic N) is 1. The standard InChI is InChI=1S/C23H35ClN2O2/c1-22(2)17-7-8-23(22,3)21(13-17)28-16-20(27)15-25-9-11-26(12-10-25)19-6-4-5-18(24)14-19/h4-6,14,17,20-21,27H,7-13,15-16H2,1-3H3/t17-,20+,21+,23-/m0/s1. The summed E-state index contributed by atoms with van der Waals surface area (Å²) in [6.45, 7) is 12.2. The monoisotopic (exact) mass is 406 g/mol. The molecule has 28 heavy (non-hydrogen) atoms. The van der Waals surface area contributed by atoms with E-state index in [1.54, 1.807) is 0 Å². The molecule has 1 N–H and O–H groups in total. The van der Waals surface area contributed by atoms with Crippen molar-refractivity contribution in [2.75, 3.05) is 44.2 Å². The molecule has 1 saturated heterocycles. The van der Waals surface area contributed by atoms with Crippen molar-refractivity contribution in [3.05, 3.63) is 29.3 Å². The second kappa shape index (κ2) is 7.79. The Morgan fingerprint density at radius 1 is 1.21 bits per heavy atom. The van der Waals surface area contributed by atoms with Crippen molar-refractivity contribution in [3.8, 4) is 0 Å². The van der Waals surface area contributed by atoms with Crippen LogP contribution in [0.1, 0.15) is 40.0 Å². The quantitative estimate of drug-likeness (QED) is 0.772. The fraction of sp³-hybridized carbons (Fsp3) is 0.739. The Kier molecular flexibility index (Phi) is 5.69. The Morgan fingerprint density at radius 2 is 1.96 bits per heavy atom. The highest BCUT2D eigenvalue weighted by molar-refractivity contribution is 6.30. The summed E-state index contributed by atoms with van der Waals surface area (Å²) in [7, 11) is 0. The first-order valence-electron chi connectivity index (χ1n) is 10.8. The van der Waals surface area contributed by atoms with E-state index in [2.05, 4.69) is 36.6 Å². The van der Waals surface area contributed by atoms with E-state index in [0.717, 1.165) is 43.5 Å². The van der Waals surface area contributed by atoms with Crippen LogP contribution in [0.5, 0.6) is 0 Å². The van der Waals surface area contributed by atoms with E-state index in [9.17, 15) is 5.11 Å². The minimum absolute atomic E-state index is 0.264. The third kappa shape index (κ3) is 3.69. The molecule has 3 fully saturated rings. The smallest absolute Gasteiger partial charge is 0.0900 e. The van der Waals surface area contributed by atoms with Gasteiger partial charge in [0.25, 0.3) is 0 Å². The maximum Gasteiger partial charge on any atom is 0.0900 e. The van der Waals surface area contributed by atoms with Crippen molar-refractivity contribution in [1.29, 1.82) is 0 Å². The van der Waals surface area contributed by atoms with Gasteiger partial charge in [-0.25, -0.2) is 0 Å². The fourth-order valence-corrected chi connectivity index (χ4v) is 6.01. The third-order valence-corrected chi connectivity index (χ3v) is 8.45. The second-order valence-electron chi connectivity index (χ2n) is 9.85. The number of hydrogen-bond donors (Lipinski definition) is 1. The summed E-state index contributed by atoms with van der Waals surface area (Å²) in [5.41, 5.74) is 1.81. The van der Waals surface area contributed by atoms with Crippen LogP contribution in [-0.4, -0.2) is 61.5 Å². The number of nitrogens with zero attached hydrogens (tertiary/aromatic N) is 2. The fourth-order valence-electron chi connectivity index (χ4n) is 5.82. The summed E-state index contributed by atoms with van der Waals surface area (Å²) in [4.78, 5) is 4.71. The Morgan fingerprint density at radius 3 is 2.57 bits per heavy atom. The molecule has 5 heteroatoms. The summed E-state index contributed by atoms with van der Waals surface area (Å²) in [6.07, 6.45) is 3.65. The Labute approximate surface area is 174 Å². The number of hydrogen-bond acceptors (Lipinski definition) is 4. The van der Waals surface area contributed by atoms with Gasteiger partial charge in [0.15, 0.2) is 0 Å². The largest absolute Gasteiger partial charge is 0.389 e. The first-order valence-corrected chi connectivity index (χ1v) is 11.2. The number of benzene rings is 1. The predicted molar refractivity (Wildman–Crippen MR) is 115 cm³/mol. The van der Waals surface area contributed by atoms with E-state index >= 15 is 0 Å². The Hall–Kier alpha value is -0.810. The number of aliphatic hydroxyl groups is 1. The molecule has 156 valence electrons. The van der Waals surface area contributed by atoms with E-state index in [-0.39, 0.29) is 5.41 Å². The van der Waals surface area contributed by atoms with Crippen LogP contribution in [0.4, 0.5) is 5.69 Å². The lowest BCUT2D eigenvalue weighted by Gasteiger charge is -2.39. The molecule has 0 unspecified atom stereocenters. The number of fused-ring (bicyclic) bond motifs is 2. The van der Waals surface area contributed by atoms with Gasteiger partial charge in [-0.1, -0.05) is 38.4 Å². The highest BCUT2D eigenvalue weighted by atomic mass is 35.5. The van der Waals surface area contributed by atoms with Crippen molar-refractivity contribution in [2.45, 2.75) is 52.2 Å². The zero-order valence-corrected chi connectivity index (χ0v) is 18.3. The van der Waals surface area contributed by atoms with Crippen LogP contribution < -0.4 is 4.90 Å². The molecule has 0 aromatic heterocycles. The molecule has 0 spiro atoms. The number of halogens is 1.